The van der Waals surface area contributed by atoms with E-state index in [9.17, 15) is 9.90 Å². The summed E-state index contributed by atoms with van der Waals surface area (Å²) >= 11 is 0. The van der Waals surface area contributed by atoms with Gasteiger partial charge in [-0.1, -0.05) is 12.1 Å². The van der Waals surface area contributed by atoms with Gasteiger partial charge >= 0.3 is 0 Å². The summed E-state index contributed by atoms with van der Waals surface area (Å²) in [6.45, 7) is 0. The number of aromatic nitrogens is 4. The van der Waals surface area contributed by atoms with Crippen molar-refractivity contribution in [2.45, 2.75) is 31.4 Å². The van der Waals surface area contributed by atoms with E-state index < -0.39 is 0 Å². The van der Waals surface area contributed by atoms with E-state index in [1.165, 1.54) is 0 Å². The first-order valence-corrected chi connectivity index (χ1v) is 8.48. The summed E-state index contributed by atoms with van der Waals surface area (Å²) in [6, 6.07) is 7.59. The molecule has 1 fully saturated rings. The highest BCUT2D eigenvalue weighted by Gasteiger charge is 2.36. The highest BCUT2D eigenvalue weighted by molar-refractivity contribution is 5.80. The molecular weight excluding hydrogens is 318 g/mol. The Morgan fingerprint density at radius 1 is 1.44 bits per heavy atom. The smallest absolute Gasteiger partial charge is 0.228 e. The van der Waals surface area contributed by atoms with Gasteiger partial charge in [-0.05, 0) is 30.9 Å². The standard InChI is InChI=1S/C18H21N5O2/c1-23-10-12(9-19-23)18(11-6-13(24)7-11)22-17(25)8-16-20-14-4-2-3-5-15(14)21-16/h2-5,9-11,13,18,24H,6-8H2,1H3,(H,20,21)(H,22,25). The molecule has 7 heteroatoms. The Hall–Kier alpha value is -2.67. The number of hydrogen-bond acceptors (Lipinski definition) is 4. The molecule has 0 bridgehead atoms. The third kappa shape index (κ3) is 3.28. The fourth-order valence-electron chi connectivity index (χ4n) is 3.44. The summed E-state index contributed by atoms with van der Waals surface area (Å²) in [6.07, 6.45) is 5.01. The monoisotopic (exact) mass is 339 g/mol. The van der Waals surface area contributed by atoms with Crippen LogP contribution in [0.15, 0.2) is 36.7 Å². The van der Waals surface area contributed by atoms with Gasteiger partial charge in [0, 0.05) is 18.8 Å². The highest BCUT2D eigenvalue weighted by Crippen LogP contribution is 2.37. The molecule has 1 aromatic carbocycles. The first-order chi connectivity index (χ1) is 12.1. The summed E-state index contributed by atoms with van der Waals surface area (Å²) in [7, 11) is 1.85. The van der Waals surface area contributed by atoms with E-state index >= 15 is 0 Å². The first kappa shape index (κ1) is 15.8. The van der Waals surface area contributed by atoms with Gasteiger partial charge in [0.2, 0.25) is 5.91 Å². The van der Waals surface area contributed by atoms with Crippen LogP contribution in [-0.2, 0) is 18.3 Å². The number of aromatic amines is 1. The number of amides is 1. The third-order valence-corrected chi connectivity index (χ3v) is 4.79. The average Bonchev–Trinajstić information content (AvgIpc) is 3.15. The van der Waals surface area contributed by atoms with Crippen LogP contribution in [0, 0.1) is 5.92 Å². The number of hydrogen-bond donors (Lipinski definition) is 3. The Morgan fingerprint density at radius 3 is 2.92 bits per heavy atom. The minimum absolute atomic E-state index is 0.0886. The van der Waals surface area contributed by atoms with Gasteiger partial charge < -0.3 is 15.4 Å². The minimum Gasteiger partial charge on any atom is -0.393 e. The van der Waals surface area contributed by atoms with Gasteiger partial charge in [0.1, 0.15) is 5.82 Å². The van der Waals surface area contributed by atoms with Gasteiger partial charge in [0.25, 0.3) is 0 Å². The van der Waals surface area contributed by atoms with Crippen LogP contribution in [0.5, 0.6) is 0 Å². The number of rotatable bonds is 5. The van der Waals surface area contributed by atoms with Crippen molar-refractivity contribution < 1.29 is 9.90 Å². The number of aryl methyl sites for hydroxylation is 1. The molecule has 3 N–H and O–H groups in total. The molecule has 0 saturated heterocycles. The molecule has 1 amide bonds. The molecule has 0 spiro atoms. The van der Waals surface area contributed by atoms with Crippen molar-refractivity contribution in [3.05, 3.63) is 48.0 Å². The Balaban J connectivity index is 1.48. The number of aliphatic hydroxyl groups excluding tert-OH is 1. The lowest BCUT2D eigenvalue weighted by atomic mass is 9.75. The lowest BCUT2D eigenvalue weighted by molar-refractivity contribution is -0.122. The summed E-state index contributed by atoms with van der Waals surface area (Å²) < 4.78 is 1.73. The lowest BCUT2D eigenvalue weighted by Crippen LogP contribution is -2.41. The molecule has 3 aromatic rings. The number of carbonyl (C=O) groups is 1. The molecule has 130 valence electrons. The first-order valence-electron chi connectivity index (χ1n) is 8.48. The van der Waals surface area contributed by atoms with Gasteiger partial charge in [0.15, 0.2) is 0 Å². The second-order valence-corrected chi connectivity index (χ2v) is 6.76. The number of para-hydroxylation sites is 2. The fourth-order valence-corrected chi connectivity index (χ4v) is 3.44. The van der Waals surface area contributed by atoms with Gasteiger partial charge in [-0.3, -0.25) is 9.48 Å². The predicted molar refractivity (Wildman–Crippen MR) is 92.6 cm³/mol. The topological polar surface area (TPSA) is 95.8 Å². The number of imidazole rings is 1. The summed E-state index contributed by atoms with van der Waals surface area (Å²) in [5, 5.41) is 16.9. The van der Waals surface area contributed by atoms with Crippen molar-refractivity contribution in [3.63, 3.8) is 0 Å². The SMILES string of the molecule is Cn1cc(C(NC(=O)Cc2nc3ccccc3[nH]2)C2CC(O)C2)cn1. The van der Waals surface area contributed by atoms with Crippen LogP contribution in [0.25, 0.3) is 11.0 Å². The van der Waals surface area contributed by atoms with E-state index in [0.29, 0.717) is 18.7 Å². The van der Waals surface area contributed by atoms with E-state index in [2.05, 4.69) is 20.4 Å². The van der Waals surface area contributed by atoms with Gasteiger partial charge in [-0.25, -0.2) is 4.98 Å². The predicted octanol–water partition coefficient (Wildman–Crippen LogP) is 1.47. The van der Waals surface area contributed by atoms with Gasteiger partial charge in [-0.2, -0.15) is 5.10 Å². The maximum Gasteiger partial charge on any atom is 0.228 e. The molecular formula is C18H21N5O2. The van der Waals surface area contributed by atoms with E-state index in [1.54, 1.807) is 10.9 Å². The normalized spacial score (nSPS) is 21.0. The van der Waals surface area contributed by atoms with E-state index in [1.807, 2.05) is 37.5 Å². The molecule has 0 radical (unpaired) electrons. The molecule has 1 aliphatic rings. The molecule has 1 unspecified atom stereocenters. The second-order valence-electron chi connectivity index (χ2n) is 6.76. The van der Waals surface area contributed by atoms with Crippen LogP contribution in [0.4, 0.5) is 0 Å². The fraction of sp³-hybridized carbons (Fsp3) is 0.389. The Kier molecular flexibility index (Phi) is 4.01. The number of H-pyrrole nitrogens is 1. The summed E-state index contributed by atoms with van der Waals surface area (Å²) in [5.41, 5.74) is 2.75. The van der Waals surface area contributed by atoms with Crippen molar-refractivity contribution in [1.29, 1.82) is 0 Å². The van der Waals surface area contributed by atoms with E-state index in [-0.39, 0.29) is 30.4 Å². The molecule has 2 aromatic heterocycles. The Labute approximate surface area is 145 Å². The molecule has 2 heterocycles. The highest BCUT2D eigenvalue weighted by atomic mass is 16.3. The number of carbonyl (C=O) groups excluding carboxylic acids is 1. The molecule has 25 heavy (non-hydrogen) atoms. The quantitative estimate of drug-likeness (QED) is 0.656. The minimum atomic E-state index is -0.267. The van der Waals surface area contributed by atoms with Crippen molar-refractivity contribution in [2.75, 3.05) is 0 Å². The van der Waals surface area contributed by atoms with E-state index in [4.69, 9.17) is 0 Å². The zero-order chi connectivity index (χ0) is 17.4. The van der Waals surface area contributed by atoms with E-state index in [0.717, 1.165) is 16.6 Å². The average molecular weight is 339 g/mol. The van der Waals surface area contributed by atoms with Crippen LogP contribution in [0.1, 0.15) is 30.3 Å². The number of aliphatic hydroxyl groups is 1. The molecule has 1 saturated carbocycles. The second kappa shape index (κ2) is 6.33. The van der Waals surface area contributed by atoms with Crippen molar-refractivity contribution in [2.24, 2.45) is 13.0 Å². The van der Waals surface area contributed by atoms with Gasteiger partial charge in [0.05, 0.1) is 35.8 Å². The maximum atomic E-state index is 12.5. The number of benzene rings is 1. The molecule has 1 atom stereocenters. The molecule has 7 nitrogen and oxygen atoms in total. The van der Waals surface area contributed by atoms with Crippen molar-refractivity contribution >= 4 is 16.9 Å². The number of nitrogens with zero attached hydrogens (tertiary/aromatic N) is 3. The number of fused-ring (bicyclic) bond motifs is 1. The maximum absolute atomic E-state index is 12.5. The summed E-state index contributed by atoms with van der Waals surface area (Å²) in [5.74, 6) is 0.797. The lowest BCUT2D eigenvalue weighted by Gasteiger charge is -2.37. The third-order valence-electron chi connectivity index (χ3n) is 4.79. The van der Waals surface area contributed by atoms with Crippen molar-refractivity contribution in [3.8, 4) is 0 Å². The Bertz CT molecular complexity index is 861. The summed E-state index contributed by atoms with van der Waals surface area (Å²) in [4.78, 5) is 20.2. The molecule has 4 rings (SSSR count). The zero-order valence-corrected chi connectivity index (χ0v) is 14.0. The largest absolute Gasteiger partial charge is 0.393 e. The van der Waals surface area contributed by atoms with Crippen LogP contribution in [0.3, 0.4) is 0 Å². The van der Waals surface area contributed by atoms with Crippen LogP contribution in [0.2, 0.25) is 0 Å². The zero-order valence-electron chi connectivity index (χ0n) is 14.0. The molecule has 0 aliphatic heterocycles. The van der Waals surface area contributed by atoms with Crippen LogP contribution in [-0.4, -0.2) is 36.9 Å². The Morgan fingerprint density at radius 2 is 2.24 bits per heavy atom. The number of nitrogens with one attached hydrogen (secondary N) is 2. The van der Waals surface area contributed by atoms with Gasteiger partial charge in [-0.15, -0.1) is 0 Å². The van der Waals surface area contributed by atoms with Crippen LogP contribution < -0.4 is 5.32 Å². The van der Waals surface area contributed by atoms with Crippen LogP contribution >= 0.6 is 0 Å². The molecule has 1 aliphatic carbocycles. The van der Waals surface area contributed by atoms with Crippen molar-refractivity contribution in [1.82, 2.24) is 25.1 Å².